The first kappa shape index (κ1) is 15.3. The summed E-state index contributed by atoms with van der Waals surface area (Å²) in [6.45, 7) is 13.3. The van der Waals surface area contributed by atoms with Gasteiger partial charge in [0.2, 0.25) is 0 Å². The summed E-state index contributed by atoms with van der Waals surface area (Å²) < 4.78 is 0. The van der Waals surface area contributed by atoms with E-state index in [0.717, 1.165) is 12.8 Å². The lowest BCUT2D eigenvalue weighted by atomic mass is 9.65. The molecule has 0 aromatic heterocycles. The van der Waals surface area contributed by atoms with Gasteiger partial charge in [-0.05, 0) is 43.4 Å². The molecule has 1 aliphatic rings. The van der Waals surface area contributed by atoms with Gasteiger partial charge >= 0.3 is 0 Å². The summed E-state index contributed by atoms with van der Waals surface area (Å²) in [4.78, 5) is 0. The first-order valence-corrected chi connectivity index (χ1v) is 7.25. The predicted molar refractivity (Wildman–Crippen MR) is 78.1 cm³/mol. The molecule has 0 radical (unpaired) electrons. The summed E-state index contributed by atoms with van der Waals surface area (Å²) in [5.74, 6) is 8.17. The quantitative estimate of drug-likeness (QED) is 0.444. The number of rotatable bonds is 2. The van der Waals surface area contributed by atoms with Crippen molar-refractivity contribution in [2.24, 2.45) is 23.2 Å². The number of aliphatic hydroxyl groups excluding tert-OH is 1. The van der Waals surface area contributed by atoms with Crippen LogP contribution in [0.1, 0.15) is 53.4 Å². The van der Waals surface area contributed by atoms with E-state index in [2.05, 4.69) is 46.1 Å². The fraction of sp³-hybridized carbons (Fsp3) is 0.765. The minimum atomic E-state index is -0.0331. The number of aliphatic hydroxyl groups is 1. The van der Waals surface area contributed by atoms with Crippen LogP contribution in [0.15, 0.2) is 12.2 Å². The SMILES string of the molecule is C=C1CC(C#CCO)(CC)C(C(C)C)CCC1C. The van der Waals surface area contributed by atoms with Gasteiger partial charge < -0.3 is 5.11 Å². The van der Waals surface area contributed by atoms with Crippen LogP contribution in [0.4, 0.5) is 0 Å². The van der Waals surface area contributed by atoms with Crippen molar-refractivity contribution in [1.29, 1.82) is 0 Å². The second kappa shape index (κ2) is 6.43. The molecule has 1 rings (SSSR count). The molecule has 1 aliphatic carbocycles. The van der Waals surface area contributed by atoms with Crippen LogP contribution in [0.25, 0.3) is 0 Å². The summed E-state index contributed by atoms with van der Waals surface area (Å²) in [6, 6.07) is 0. The first-order valence-electron chi connectivity index (χ1n) is 7.25. The maximum Gasteiger partial charge on any atom is 0.104 e. The molecule has 1 fully saturated rings. The van der Waals surface area contributed by atoms with Crippen LogP contribution in [-0.4, -0.2) is 11.7 Å². The van der Waals surface area contributed by atoms with Gasteiger partial charge in [0.15, 0.2) is 0 Å². The van der Waals surface area contributed by atoms with Crippen molar-refractivity contribution in [2.45, 2.75) is 53.4 Å². The second-order valence-electron chi connectivity index (χ2n) is 6.13. The Morgan fingerprint density at radius 2 is 2.11 bits per heavy atom. The second-order valence-corrected chi connectivity index (χ2v) is 6.13. The highest BCUT2D eigenvalue weighted by atomic mass is 16.2. The average Bonchev–Trinajstić information content (AvgIpc) is 2.46. The van der Waals surface area contributed by atoms with Gasteiger partial charge in [0, 0.05) is 5.41 Å². The van der Waals surface area contributed by atoms with E-state index in [1.165, 1.54) is 18.4 Å². The molecule has 0 aromatic rings. The summed E-state index contributed by atoms with van der Waals surface area (Å²) in [5, 5.41) is 9.02. The van der Waals surface area contributed by atoms with E-state index in [-0.39, 0.29) is 12.0 Å². The Hall–Kier alpha value is -0.740. The van der Waals surface area contributed by atoms with Gasteiger partial charge in [0.1, 0.15) is 6.61 Å². The van der Waals surface area contributed by atoms with Crippen LogP contribution in [0.3, 0.4) is 0 Å². The molecule has 1 nitrogen and oxygen atoms in total. The average molecular weight is 248 g/mol. The van der Waals surface area contributed by atoms with Crippen molar-refractivity contribution in [3.8, 4) is 11.8 Å². The van der Waals surface area contributed by atoms with Crippen molar-refractivity contribution in [3.05, 3.63) is 12.2 Å². The number of hydrogen-bond acceptors (Lipinski definition) is 1. The minimum absolute atomic E-state index is 0.0265. The van der Waals surface area contributed by atoms with Crippen molar-refractivity contribution in [3.63, 3.8) is 0 Å². The molecule has 1 saturated carbocycles. The van der Waals surface area contributed by atoms with Crippen LogP contribution >= 0.6 is 0 Å². The Labute approximate surface area is 113 Å². The first-order chi connectivity index (χ1) is 8.46. The molecule has 1 heteroatoms. The highest BCUT2D eigenvalue weighted by Crippen LogP contribution is 2.48. The van der Waals surface area contributed by atoms with E-state index in [1.54, 1.807) is 0 Å². The maximum atomic E-state index is 9.02. The molecule has 0 spiro atoms. The third-order valence-corrected chi connectivity index (χ3v) is 4.71. The largest absolute Gasteiger partial charge is 0.384 e. The van der Waals surface area contributed by atoms with E-state index < -0.39 is 0 Å². The zero-order chi connectivity index (χ0) is 13.8. The number of hydrogen-bond donors (Lipinski definition) is 1. The molecule has 3 atom stereocenters. The van der Waals surface area contributed by atoms with Crippen molar-refractivity contribution < 1.29 is 5.11 Å². The third kappa shape index (κ3) is 3.18. The molecule has 3 unspecified atom stereocenters. The van der Waals surface area contributed by atoms with Gasteiger partial charge in [0.05, 0.1) is 0 Å². The Bertz CT molecular complexity index is 344. The van der Waals surface area contributed by atoms with Gasteiger partial charge in [-0.3, -0.25) is 0 Å². The summed E-state index contributed by atoms with van der Waals surface area (Å²) in [5.41, 5.74) is 1.37. The maximum absolute atomic E-state index is 9.02. The van der Waals surface area contributed by atoms with Crippen molar-refractivity contribution in [2.75, 3.05) is 6.61 Å². The zero-order valence-electron chi connectivity index (χ0n) is 12.4. The summed E-state index contributed by atoms with van der Waals surface area (Å²) in [6.07, 6.45) is 4.51. The summed E-state index contributed by atoms with van der Waals surface area (Å²) >= 11 is 0. The van der Waals surface area contributed by atoms with Gasteiger partial charge in [-0.15, -0.1) is 0 Å². The zero-order valence-corrected chi connectivity index (χ0v) is 12.4. The lowest BCUT2D eigenvalue weighted by Crippen LogP contribution is -2.31. The number of allylic oxidation sites excluding steroid dienone is 1. The lowest BCUT2D eigenvalue weighted by molar-refractivity contribution is 0.168. The van der Waals surface area contributed by atoms with Crippen LogP contribution in [-0.2, 0) is 0 Å². The van der Waals surface area contributed by atoms with Crippen molar-refractivity contribution in [1.82, 2.24) is 0 Å². The molecule has 18 heavy (non-hydrogen) atoms. The Balaban J connectivity index is 3.15. The Morgan fingerprint density at radius 1 is 1.44 bits per heavy atom. The third-order valence-electron chi connectivity index (χ3n) is 4.71. The smallest absolute Gasteiger partial charge is 0.104 e. The van der Waals surface area contributed by atoms with E-state index in [0.29, 0.717) is 17.8 Å². The highest BCUT2D eigenvalue weighted by molar-refractivity contribution is 5.21. The van der Waals surface area contributed by atoms with E-state index in [1.807, 2.05) is 0 Å². The molecule has 102 valence electrons. The Morgan fingerprint density at radius 3 is 2.61 bits per heavy atom. The van der Waals surface area contributed by atoms with Crippen LogP contribution < -0.4 is 0 Å². The van der Waals surface area contributed by atoms with Crippen LogP contribution in [0, 0.1) is 35.0 Å². The standard InChI is InChI=1S/C17H28O/c1-6-17(10-7-11-18)12-15(5)14(4)8-9-16(17)13(2)3/h13-14,16,18H,5-6,8-9,11-12H2,1-4H3. The van der Waals surface area contributed by atoms with E-state index >= 15 is 0 Å². The fourth-order valence-electron chi connectivity index (χ4n) is 3.42. The molecule has 0 heterocycles. The molecule has 0 aromatic carbocycles. The topological polar surface area (TPSA) is 20.2 Å². The van der Waals surface area contributed by atoms with E-state index in [4.69, 9.17) is 5.11 Å². The van der Waals surface area contributed by atoms with Crippen LogP contribution in [0.5, 0.6) is 0 Å². The molecular weight excluding hydrogens is 220 g/mol. The predicted octanol–water partition coefficient (Wildman–Crippen LogP) is 4.03. The molecule has 0 aliphatic heterocycles. The lowest BCUT2D eigenvalue weighted by Gasteiger charge is -2.37. The molecule has 0 amide bonds. The Kier molecular flexibility index (Phi) is 5.47. The fourth-order valence-corrected chi connectivity index (χ4v) is 3.42. The molecule has 0 saturated heterocycles. The molecule has 1 N–H and O–H groups in total. The van der Waals surface area contributed by atoms with Gasteiger partial charge in [-0.25, -0.2) is 0 Å². The van der Waals surface area contributed by atoms with Gasteiger partial charge in [0.25, 0.3) is 0 Å². The summed E-state index contributed by atoms with van der Waals surface area (Å²) in [7, 11) is 0. The van der Waals surface area contributed by atoms with Crippen molar-refractivity contribution >= 4 is 0 Å². The molecular formula is C17H28O. The van der Waals surface area contributed by atoms with Gasteiger partial charge in [-0.1, -0.05) is 51.7 Å². The normalized spacial score (nSPS) is 32.9. The van der Waals surface area contributed by atoms with Crippen LogP contribution in [0.2, 0.25) is 0 Å². The molecule has 0 bridgehead atoms. The monoisotopic (exact) mass is 248 g/mol. The van der Waals surface area contributed by atoms with E-state index in [9.17, 15) is 0 Å². The minimum Gasteiger partial charge on any atom is -0.384 e. The van der Waals surface area contributed by atoms with Gasteiger partial charge in [-0.2, -0.15) is 0 Å². The highest BCUT2D eigenvalue weighted by Gasteiger charge is 2.40.